The summed E-state index contributed by atoms with van der Waals surface area (Å²) >= 11 is 1.68. The van der Waals surface area contributed by atoms with Crippen LogP contribution in [0.5, 0.6) is 0 Å². The molecule has 1 aliphatic carbocycles. The number of hydrogen-bond donors (Lipinski definition) is 1. The second-order valence-corrected chi connectivity index (χ2v) is 10.9. The van der Waals surface area contributed by atoms with Gasteiger partial charge in [0.2, 0.25) is 10.0 Å². The molecule has 2 aliphatic rings. The van der Waals surface area contributed by atoms with Gasteiger partial charge >= 0.3 is 0 Å². The van der Waals surface area contributed by atoms with Crippen molar-refractivity contribution in [3.05, 3.63) is 51.7 Å². The van der Waals surface area contributed by atoms with Crippen LogP contribution in [0, 0.1) is 5.92 Å². The van der Waals surface area contributed by atoms with E-state index < -0.39 is 10.0 Å². The molecule has 0 atom stereocenters. The first kappa shape index (κ1) is 19.6. The first-order valence-electron chi connectivity index (χ1n) is 9.90. The third kappa shape index (κ3) is 4.02. The van der Waals surface area contributed by atoms with Crippen LogP contribution in [-0.2, 0) is 23.0 Å². The molecule has 5 nitrogen and oxygen atoms in total. The van der Waals surface area contributed by atoms with Crippen LogP contribution < -0.4 is 5.32 Å². The Kier molecular flexibility index (Phi) is 5.58. The minimum atomic E-state index is -3.62. The summed E-state index contributed by atoms with van der Waals surface area (Å²) in [7, 11) is -3.62. The van der Waals surface area contributed by atoms with Crippen molar-refractivity contribution in [1.29, 1.82) is 0 Å². The fourth-order valence-corrected chi connectivity index (χ4v) is 6.40. The summed E-state index contributed by atoms with van der Waals surface area (Å²) in [6.45, 7) is 3.12. The molecule has 1 amide bonds. The third-order valence-corrected chi connectivity index (χ3v) is 8.72. The summed E-state index contributed by atoms with van der Waals surface area (Å²) in [5.41, 5.74) is 1.49. The topological polar surface area (TPSA) is 66.5 Å². The van der Waals surface area contributed by atoms with Crippen LogP contribution in [0.15, 0.2) is 40.6 Å². The van der Waals surface area contributed by atoms with Crippen molar-refractivity contribution in [2.24, 2.45) is 5.92 Å². The van der Waals surface area contributed by atoms with Crippen molar-refractivity contribution in [3.8, 4) is 0 Å². The average Bonchev–Trinajstić information content (AvgIpc) is 3.17. The highest BCUT2D eigenvalue weighted by Gasteiger charge is 2.29. The fourth-order valence-electron chi connectivity index (χ4n) is 4.05. The number of amides is 1. The lowest BCUT2D eigenvalue weighted by atomic mass is 9.87. The number of thiophene rings is 1. The predicted octanol–water partition coefficient (Wildman–Crippen LogP) is 3.80. The molecule has 2 aromatic rings. The van der Waals surface area contributed by atoms with Crippen LogP contribution in [0.3, 0.4) is 0 Å². The lowest BCUT2D eigenvalue weighted by Crippen LogP contribution is -2.37. The van der Waals surface area contributed by atoms with Crippen molar-refractivity contribution in [1.82, 2.24) is 9.62 Å². The number of rotatable bonds is 4. The third-order valence-electron chi connectivity index (χ3n) is 5.86. The Bertz CT molecular complexity index is 960. The number of nitrogens with zero attached hydrogens (tertiary/aromatic N) is 1. The maximum absolute atomic E-state index is 13.1. The Balaban J connectivity index is 1.49. The molecular weight excluding hydrogens is 392 g/mol. The van der Waals surface area contributed by atoms with Gasteiger partial charge in [0.05, 0.1) is 4.90 Å². The quantitative estimate of drug-likeness (QED) is 0.821. The molecule has 0 bridgehead atoms. The number of fused-ring (bicyclic) bond motifs is 1. The zero-order valence-corrected chi connectivity index (χ0v) is 17.7. The zero-order chi connectivity index (χ0) is 19.7. The molecule has 1 aromatic heterocycles. The molecule has 0 spiro atoms. The molecule has 0 radical (unpaired) electrons. The van der Waals surface area contributed by atoms with Crippen LogP contribution in [0.25, 0.3) is 0 Å². The van der Waals surface area contributed by atoms with Gasteiger partial charge in [-0.05, 0) is 73.2 Å². The van der Waals surface area contributed by atoms with Crippen molar-refractivity contribution in [2.45, 2.75) is 56.5 Å². The van der Waals surface area contributed by atoms with Gasteiger partial charge in [0, 0.05) is 29.6 Å². The van der Waals surface area contributed by atoms with Crippen molar-refractivity contribution >= 4 is 27.3 Å². The van der Waals surface area contributed by atoms with Gasteiger partial charge in [0.1, 0.15) is 0 Å². The molecule has 1 aromatic carbocycles. The SMILES string of the molecule is CC1CCC(NC(=O)c2cccc(S(=O)(=O)N3CCc4sccc4C3)c2)CC1. The van der Waals surface area contributed by atoms with Crippen molar-refractivity contribution < 1.29 is 13.2 Å². The molecule has 0 saturated heterocycles. The zero-order valence-electron chi connectivity index (χ0n) is 16.1. The second-order valence-electron chi connectivity index (χ2n) is 7.92. The summed E-state index contributed by atoms with van der Waals surface area (Å²) in [4.78, 5) is 14.1. The monoisotopic (exact) mass is 418 g/mol. The van der Waals surface area contributed by atoms with Crippen molar-refractivity contribution in [2.75, 3.05) is 6.54 Å². The van der Waals surface area contributed by atoms with Gasteiger partial charge in [-0.15, -0.1) is 11.3 Å². The van der Waals surface area contributed by atoms with Crippen LogP contribution in [0.1, 0.15) is 53.4 Å². The molecule has 1 fully saturated rings. The normalized spacial score (nSPS) is 23.2. The molecular formula is C21H26N2O3S2. The minimum absolute atomic E-state index is 0.183. The van der Waals surface area contributed by atoms with Gasteiger partial charge in [0.25, 0.3) is 5.91 Å². The van der Waals surface area contributed by atoms with E-state index in [9.17, 15) is 13.2 Å². The first-order valence-corrected chi connectivity index (χ1v) is 12.2. The smallest absolute Gasteiger partial charge is 0.251 e. The van der Waals surface area contributed by atoms with Gasteiger partial charge in [-0.3, -0.25) is 4.79 Å². The molecule has 0 unspecified atom stereocenters. The van der Waals surface area contributed by atoms with Crippen LogP contribution in [-0.4, -0.2) is 31.2 Å². The van der Waals surface area contributed by atoms with Crippen LogP contribution in [0.4, 0.5) is 0 Å². The van der Waals surface area contributed by atoms with E-state index in [4.69, 9.17) is 0 Å². The Morgan fingerprint density at radius 3 is 2.75 bits per heavy atom. The number of nitrogens with one attached hydrogen (secondary N) is 1. The maximum atomic E-state index is 13.1. The standard InChI is InChI=1S/C21H26N2O3S2/c1-15-5-7-18(8-6-15)22-21(24)16-3-2-4-19(13-16)28(25,26)23-11-9-20-17(14-23)10-12-27-20/h2-4,10,12-13,15,18H,5-9,11,14H2,1H3,(H,22,24). The largest absolute Gasteiger partial charge is 0.349 e. The van der Waals surface area contributed by atoms with Crippen LogP contribution >= 0.6 is 11.3 Å². The lowest BCUT2D eigenvalue weighted by Gasteiger charge is -2.27. The Morgan fingerprint density at radius 2 is 1.96 bits per heavy atom. The van der Waals surface area contributed by atoms with E-state index >= 15 is 0 Å². The summed E-state index contributed by atoms with van der Waals surface area (Å²) in [6, 6.07) is 8.62. The minimum Gasteiger partial charge on any atom is -0.349 e. The van der Waals surface area contributed by atoms with E-state index in [1.165, 1.54) is 15.2 Å². The second kappa shape index (κ2) is 7.97. The van der Waals surface area contributed by atoms with Crippen LogP contribution in [0.2, 0.25) is 0 Å². The molecule has 28 heavy (non-hydrogen) atoms. The summed E-state index contributed by atoms with van der Waals surface area (Å²) in [6.07, 6.45) is 4.97. The van der Waals surface area contributed by atoms with E-state index in [0.29, 0.717) is 18.7 Å². The van der Waals surface area contributed by atoms with E-state index in [0.717, 1.165) is 43.6 Å². The van der Waals surface area contributed by atoms with E-state index in [-0.39, 0.29) is 16.8 Å². The van der Waals surface area contributed by atoms with E-state index in [1.54, 1.807) is 29.5 Å². The predicted molar refractivity (Wildman–Crippen MR) is 111 cm³/mol. The molecule has 150 valence electrons. The number of benzene rings is 1. The average molecular weight is 419 g/mol. The molecule has 1 N–H and O–H groups in total. The van der Waals surface area contributed by atoms with Gasteiger partial charge < -0.3 is 5.32 Å². The molecule has 1 saturated carbocycles. The highest BCUT2D eigenvalue weighted by atomic mass is 32.2. The van der Waals surface area contributed by atoms with Gasteiger partial charge in [0.15, 0.2) is 0 Å². The van der Waals surface area contributed by atoms with Gasteiger partial charge in [-0.25, -0.2) is 8.42 Å². The van der Waals surface area contributed by atoms with E-state index in [1.807, 2.05) is 11.4 Å². The summed E-state index contributed by atoms with van der Waals surface area (Å²) in [5, 5.41) is 5.09. The number of carbonyl (C=O) groups is 1. The lowest BCUT2D eigenvalue weighted by molar-refractivity contribution is 0.0923. The molecule has 7 heteroatoms. The number of hydrogen-bond acceptors (Lipinski definition) is 4. The Labute approximate surface area is 170 Å². The first-order chi connectivity index (χ1) is 13.4. The van der Waals surface area contributed by atoms with Gasteiger partial charge in [-0.2, -0.15) is 4.31 Å². The molecule has 1 aliphatic heterocycles. The number of sulfonamides is 1. The van der Waals surface area contributed by atoms with Crippen molar-refractivity contribution in [3.63, 3.8) is 0 Å². The summed E-state index contributed by atoms with van der Waals surface area (Å²) in [5.74, 6) is 0.533. The Morgan fingerprint density at radius 1 is 1.18 bits per heavy atom. The van der Waals surface area contributed by atoms with Gasteiger partial charge in [-0.1, -0.05) is 13.0 Å². The molecule has 4 rings (SSSR count). The maximum Gasteiger partial charge on any atom is 0.251 e. The highest BCUT2D eigenvalue weighted by molar-refractivity contribution is 7.89. The van der Waals surface area contributed by atoms with E-state index in [2.05, 4.69) is 12.2 Å². The number of carbonyl (C=O) groups excluding carboxylic acids is 1. The summed E-state index contributed by atoms with van der Waals surface area (Å²) < 4.78 is 27.8. The highest BCUT2D eigenvalue weighted by Crippen LogP contribution is 2.28. The fraction of sp³-hybridized carbons (Fsp3) is 0.476. The molecule has 2 heterocycles. The Hall–Kier alpha value is -1.70.